The summed E-state index contributed by atoms with van der Waals surface area (Å²) in [5, 5.41) is 0. The summed E-state index contributed by atoms with van der Waals surface area (Å²) in [6, 6.07) is 16.0. The van der Waals surface area contributed by atoms with Crippen molar-refractivity contribution in [2.45, 2.75) is 6.42 Å². The van der Waals surface area contributed by atoms with Gasteiger partial charge in [-0.3, -0.25) is 0 Å². The number of hydrogen-bond acceptors (Lipinski definition) is 3. The Kier molecular flexibility index (Phi) is 4.41. The number of carbonyl (C=O) groups excluding carboxylic acids is 1. The van der Waals surface area contributed by atoms with Gasteiger partial charge in [0.2, 0.25) is 0 Å². The molecule has 0 unspecified atom stereocenters. The van der Waals surface area contributed by atoms with Crippen molar-refractivity contribution in [2.75, 3.05) is 26.1 Å². The molecule has 3 heteroatoms. The number of rotatable bonds is 4. The van der Waals surface area contributed by atoms with E-state index in [2.05, 4.69) is 33.9 Å². The van der Waals surface area contributed by atoms with E-state index in [0.717, 1.165) is 6.42 Å². The van der Waals surface area contributed by atoms with Crippen molar-refractivity contribution in [1.29, 1.82) is 0 Å². The van der Waals surface area contributed by atoms with Gasteiger partial charge < -0.3 is 9.64 Å². The first-order valence-electron chi connectivity index (χ1n) is 6.53. The van der Waals surface area contributed by atoms with E-state index in [4.69, 9.17) is 0 Å². The summed E-state index contributed by atoms with van der Waals surface area (Å²) >= 11 is 0. The van der Waals surface area contributed by atoms with E-state index in [1.807, 2.05) is 26.2 Å². The zero-order valence-electron chi connectivity index (χ0n) is 12.1. The quantitative estimate of drug-likeness (QED) is 0.799. The normalized spacial score (nSPS) is 10.2. The molecule has 2 aromatic rings. The van der Waals surface area contributed by atoms with Crippen LogP contribution in [0.4, 0.5) is 5.69 Å². The van der Waals surface area contributed by atoms with Gasteiger partial charge in [-0.05, 0) is 41.8 Å². The lowest BCUT2D eigenvalue weighted by Crippen LogP contribution is -2.08. The Morgan fingerprint density at radius 3 is 1.90 bits per heavy atom. The SMILES string of the molecule is COC(=O)c1ccc(Cc2ccc(N(C)C)cc2)cc1. The molecule has 0 spiro atoms. The third kappa shape index (κ3) is 3.38. The lowest BCUT2D eigenvalue weighted by molar-refractivity contribution is 0.0600. The molecule has 0 bridgehead atoms. The molecule has 20 heavy (non-hydrogen) atoms. The monoisotopic (exact) mass is 269 g/mol. The van der Waals surface area contributed by atoms with Gasteiger partial charge in [-0.15, -0.1) is 0 Å². The highest BCUT2D eigenvalue weighted by Crippen LogP contribution is 2.16. The standard InChI is InChI=1S/C17H19NO2/c1-18(2)16-10-6-14(7-11-16)12-13-4-8-15(9-5-13)17(19)20-3/h4-11H,12H2,1-3H3. The topological polar surface area (TPSA) is 29.5 Å². The molecule has 3 nitrogen and oxygen atoms in total. The molecule has 0 saturated heterocycles. The molecule has 2 rings (SSSR count). The minimum Gasteiger partial charge on any atom is -0.465 e. The first-order chi connectivity index (χ1) is 9.60. The average Bonchev–Trinajstić information content (AvgIpc) is 2.48. The highest BCUT2D eigenvalue weighted by molar-refractivity contribution is 5.89. The molecular formula is C17H19NO2. The number of ether oxygens (including phenoxy) is 1. The molecule has 104 valence electrons. The van der Waals surface area contributed by atoms with Crippen LogP contribution in [0, 0.1) is 0 Å². The summed E-state index contributed by atoms with van der Waals surface area (Å²) in [5.74, 6) is -0.299. The molecule has 0 aliphatic carbocycles. The Labute approximate surface area is 119 Å². The van der Waals surface area contributed by atoms with Crippen molar-refractivity contribution >= 4 is 11.7 Å². The molecular weight excluding hydrogens is 250 g/mol. The van der Waals surface area contributed by atoms with Gasteiger partial charge in [-0.25, -0.2) is 4.79 Å². The molecule has 0 amide bonds. The minimum absolute atomic E-state index is 0.299. The maximum atomic E-state index is 11.4. The highest BCUT2D eigenvalue weighted by Gasteiger charge is 2.04. The third-order valence-electron chi connectivity index (χ3n) is 3.24. The second-order valence-corrected chi connectivity index (χ2v) is 4.93. The van der Waals surface area contributed by atoms with Crippen LogP contribution >= 0.6 is 0 Å². The molecule has 0 aromatic heterocycles. The van der Waals surface area contributed by atoms with Gasteiger partial charge in [0.15, 0.2) is 0 Å². The van der Waals surface area contributed by atoms with E-state index in [1.54, 1.807) is 12.1 Å². The molecule has 0 atom stereocenters. The van der Waals surface area contributed by atoms with Gasteiger partial charge in [-0.2, -0.15) is 0 Å². The lowest BCUT2D eigenvalue weighted by Gasteiger charge is -2.12. The molecule has 0 radical (unpaired) electrons. The van der Waals surface area contributed by atoms with Gasteiger partial charge in [0.25, 0.3) is 0 Å². The number of esters is 1. The van der Waals surface area contributed by atoms with Crippen molar-refractivity contribution in [3.8, 4) is 0 Å². The van der Waals surface area contributed by atoms with Crippen molar-refractivity contribution in [2.24, 2.45) is 0 Å². The van der Waals surface area contributed by atoms with Crippen LogP contribution in [-0.4, -0.2) is 27.2 Å². The fraction of sp³-hybridized carbons (Fsp3) is 0.235. The zero-order chi connectivity index (χ0) is 14.5. The van der Waals surface area contributed by atoms with Crippen LogP contribution in [0.3, 0.4) is 0 Å². The lowest BCUT2D eigenvalue weighted by atomic mass is 10.0. The fourth-order valence-corrected chi connectivity index (χ4v) is 2.02. The molecule has 0 aliphatic rings. The largest absolute Gasteiger partial charge is 0.465 e. The van der Waals surface area contributed by atoms with Crippen LogP contribution in [0.15, 0.2) is 48.5 Å². The van der Waals surface area contributed by atoms with Crippen LogP contribution in [-0.2, 0) is 11.2 Å². The Morgan fingerprint density at radius 2 is 1.45 bits per heavy atom. The molecule has 0 fully saturated rings. The van der Waals surface area contributed by atoms with Gasteiger partial charge in [0, 0.05) is 19.8 Å². The van der Waals surface area contributed by atoms with Crippen LogP contribution < -0.4 is 4.90 Å². The van der Waals surface area contributed by atoms with Crippen molar-refractivity contribution in [3.63, 3.8) is 0 Å². The van der Waals surface area contributed by atoms with E-state index >= 15 is 0 Å². The molecule has 0 heterocycles. The number of carbonyl (C=O) groups is 1. The van der Waals surface area contributed by atoms with Crippen LogP contribution in [0.25, 0.3) is 0 Å². The highest BCUT2D eigenvalue weighted by atomic mass is 16.5. The van der Waals surface area contributed by atoms with E-state index < -0.39 is 0 Å². The van der Waals surface area contributed by atoms with Gasteiger partial charge in [0.05, 0.1) is 12.7 Å². The van der Waals surface area contributed by atoms with Crippen LogP contribution in [0.2, 0.25) is 0 Å². The number of nitrogens with zero attached hydrogens (tertiary/aromatic N) is 1. The number of anilines is 1. The number of benzene rings is 2. The van der Waals surface area contributed by atoms with Gasteiger partial charge in [0.1, 0.15) is 0 Å². The van der Waals surface area contributed by atoms with E-state index in [9.17, 15) is 4.79 Å². The maximum absolute atomic E-state index is 11.4. The summed E-state index contributed by atoms with van der Waals surface area (Å²) < 4.78 is 4.69. The summed E-state index contributed by atoms with van der Waals surface area (Å²) in [6.45, 7) is 0. The third-order valence-corrected chi connectivity index (χ3v) is 3.24. The van der Waals surface area contributed by atoms with Gasteiger partial charge in [-0.1, -0.05) is 24.3 Å². The van der Waals surface area contributed by atoms with Crippen molar-refractivity contribution < 1.29 is 9.53 Å². The van der Waals surface area contributed by atoms with E-state index in [0.29, 0.717) is 5.56 Å². The summed E-state index contributed by atoms with van der Waals surface area (Å²) in [5.41, 5.74) is 4.20. The molecule has 0 saturated carbocycles. The minimum atomic E-state index is -0.299. The summed E-state index contributed by atoms with van der Waals surface area (Å²) in [7, 11) is 5.45. The Balaban J connectivity index is 2.08. The van der Waals surface area contributed by atoms with Crippen LogP contribution in [0.5, 0.6) is 0 Å². The maximum Gasteiger partial charge on any atom is 0.337 e. The average molecular weight is 269 g/mol. The summed E-state index contributed by atoms with van der Waals surface area (Å²) in [4.78, 5) is 13.4. The van der Waals surface area contributed by atoms with E-state index in [1.165, 1.54) is 23.9 Å². The summed E-state index contributed by atoms with van der Waals surface area (Å²) in [6.07, 6.45) is 0.856. The van der Waals surface area contributed by atoms with E-state index in [-0.39, 0.29) is 5.97 Å². The van der Waals surface area contributed by atoms with Crippen LogP contribution in [0.1, 0.15) is 21.5 Å². The smallest absolute Gasteiger partial charge is 0.337 e. The van der Waals surface area contributed by atoms with Gasteiger partial charge >= 0.3 is 5.97 Å². The second kappa shape index (κ2) is 6.24. The predicted octanol–water partition coefficient (Wildman–Crippen LogP) is 3.13. The molecule has 2 aromatic carbocycles. The first-order valence-corrected chi connectivity index (χ1v) is 6.53. The predicted molar refractivity (Wildman–Crippen MR) is 81.4 cm³/mol. The zero-order valence-corrected chi connectivity index (χ0v) is 12.1. The second-order valence-electron chi connectivity index (χ2n) is 4.93. The Hall–Kier alpha value is -2.29. The van der Waals surface area contributed by atoms with Crippen molar-refractivity contribution in [3.05, 3.63) is 65.2 Å². The Bertz CT molecular complexity index is 571. The molecule has 0 N–H and O–H groups in total. The first kappa shape index (κ1) is 14.1. The fourth-order valence-electron chi connectivity index (χ4n) is 2.02. The Morgan fingerprint density at radius 1 is 0.950 bits per heavy atom. The molecule has 0 aliphatic heterocycles. The van der Waals surface area contributed by atoms with Crippen molar-refractivity contribution in [1.82, 2.24) is 0 Å². The number of methoxy groups -OCH3 is 1. The number of hydrogen-bond donors (Lipinski definition) is 0.